The highest BCUT2D eigenvalue weighted by molar-refractivity contribution is 9.10. The lowest BCUT2D eigenvalue weighted by Gasteiger charge is -2.29. The number of hydrogen-bond acceptors (Lipinski definition) is 1. The van der Waals surface area contributed by atoms with Crippen LogP contribution < -0.4 is 0 Å². The first-order valence-electron chi connectivity index (χ1n) is 6.00. The molecule has 0 fully saturated rings. The number of nitrogens with zero attached hydrogens (tertiary/aromatic N) is 1. The zero-order valence-electron chi connectivity index (χ0n) is 9.51. The summed E-state index contributed by atoms with van der Waals surface area (Å²) in [5.41, 5.74) is 2.47. The van der Waals surface area contributed by atoms with Gasteiger partial charge in [0.1, 0.15) is 0 Å². The van der Waals surface area contributed by atoms with Gasteiger partial charge in [0.2, 0.25) is 0 Å². The van der Waals surface area contributed by atoms with Crippen molar-refractivity contribution in [2.45, 2.75) is 6.42 Å². The molecule has 0 N–H and O–H groups in total. The molecule has 2 heteroatoms. The fourth-order valence-corrected chi connectivity index (χ4v) is 3.08. The maximum atomic E-state index is 4.75. The molecule has 1 aliphatic carbocycles. The highest BCUT2D eigenvalue weighted by Crippen LogP contribution is 2.32. The van der Waals surface area contributed by atoms with Crippen molar-refractivity contribution in [2.24, 2.45) is 16.8 Å². The fraction of sp³-hybridized carbons (Fsp3) is 0.267. The largest absolute Gasteiger partial charge is 0.288 e. The normalized spacial score (nSPS) is 26.5. The Morgan fingerprint density at radius 2 is 1.94 bits per heavy atom. The van der Waals surface area contributed by atoms with E-state index in [0.29, 0.717) is 11.8 Å². The first-order valence-corrected chi connectivity index (χ1v) is 6.80. The van der Waals surface area contributed by atoms with Gasteiger partial charge < -0.3 is 0 Å². The second-order valence-electron chi connectivity index (χ2n) is 4.49. The molecular formula is C15H14BrN. The van der Waals surface area contributed by atoms with Crippen LogP contribution in [0, 0.1) is 11.8 Å². The molecule has 3 rings (SSSR count). The molecule has 1 heterocycles. The molecule has 17 heavy (non-hydrogen) atoms. The Morgan fingerprint density at radius 1 is 1.12 bits per heavy atom. The fourth-order valence-electron chi connectivity index (χ4n) is 2.60. The van der Waals surface area contributed by atoms with Crippen molar-refractivity contribution in [3.63, 3.8) is 0 Å². The summed E-state index contributed by atoms with van der Waals surface area (Å²) < 4.78 is 1.14. The van der Waals surface area contributed by atoms with Crippen molar-refractivity contribution in [3.05, 3.63) is 58.6 Å². The van der Waals surface area contributed by atoms with Crippen molar-refractivity contribution >= 4 is 21.6 Å². The third-order valence-corrected chi connectivity index (χ3v) is 4.15. The van der Waals surface area contributed by atoms with Crippen LogP contribution >= 0.6 is 15.9 Å². The van der Waals surface area contributed by atoms with Crippen LogP contribution in [0.4, 0.5) is 0 Å². The van der Waals surface area contributed by atoms with Gasteiger partial charge in [-0.2, -0.15) is 0 Å². The minimum Gasteiger partial charge on any atom is -0.288 e. The molecule has 1 aromatic rings. The van der Waals surface area contributed by atoms with Gasteiger partial charge in [-0.15, -0.1) is 0 Å². The Kier molecular flexibility index (Phi) is 2.98. The minimum absolute atomic E-state index is 0.451. The van der Waals surface area contributed by atoms with Gasteiger partial charge in [-0.05, 0) is 18.4 Å². The quantitative estimate of drug-likeness (QED) is 0.740. The zero-order chi connectivity index (χ0) is 11.7. The SMILES string of the molecule is Brc1ccccc1C1=NCCC2C=CC=CC12. The van der Waals surface area contributed by atoms with Gasteiger partial charge in [0.15, 0.2) is 0 Å². The van der Waals surface area contributed by atoms with E-state index in [2.05, 4.69) is 58.4 Å². The van der Waals surface area contributed by atoms with E-state index in [0.717, 1.165) is 11.0 Å². The van der Waals surface area contributed by atoms with Crippen LogP contribution in [-0.2, 0) is 0 Å². The topological polar surface area (TPSA) is 12.4 Å². The molecule has 0 spiro atoms. The van der Waals surface area contributed by atoms with Gasteiger partial charge >= 0.3 is 0 Å². The molecule has 0 saturated heterocycles. The van der Waals surface area contributed by atoms with Crippen molar-refractivity contribution in [3.8, 4) is 0 Å². The molecule has 0 saturated carbocycles. The van der Waals surface area contributed by atoms with Crippen LogP contribution in [0.5, 0.6) is 0 Å². The summed E-state index contributed by atoms with van der Waals surface area (Å²) in [4.78, 5) is 4.75. The average Bonchev–Trinajstić information content (AvgIpc) is 2.39. The second kappa shape index (κ2) is 4.61. The molecule has 2 unspecified atom stereocenters. The van der Waals surface area contributed by atoms with Gasteiger partial charge in [0.25, 0.3) is 0 Å². The predicted molar refractivity (Wildman–Crippen MR) is 75.4 cm³/mol. The van der Waals surface area contributed by atoms with Gasteiger partial charge in [-0.3, -0.25) is 4.99 Å². The van der Waals surface area contributed by atoms with Gasteiger partial charge in [0.05, 0.1) is 5.71 Å². The molecule has 2 atom stereocenters. The standard InChI is InChI=1S/C15H14BrN/c16-14-8-4-3-7-13(14)15-12-6-2-1-5-11(12)9-10-17-15/h1-8,11-12H,9-10H2. The first kappa shape index (κ1) is 11.0. The summed E-state index contributed by atoms with van der Waals surface area (Å²) >= 11 is 3.63. The number of allylic oxidation sites excluding steroid dienone is 4. The van der Waals surface area contributed by atoms with E-state index in [-0.39, 0.29) is 0 Å². The summed E-state index contributed by atoms with van der Waals surface area (Å²) in [6.07, 6.45) is 10.1. The number of aliphatic imine (C=N–C) groups is 1. The molecule has 0 radical (unpaired) electrons. The Morgan fingerprint density at radius 3 is 2.82 bits per heavy atom. The lowest BCUT2D eigenvalue weighted by atomic mass is 9.78. The maximum absolute atomic E-state index is 4.75. The zero-order valence-corrected chi connectivity index (χ0v) is 11.1. The Labute approximate surface area is 110 Å². The Bertz CT molecular complexity index is 513. The molecule has 86 valence electrons. The molecule has 0 amide bonds. The Balaban J connectivity index is 2.03. The van der Waals surface area contributed by atoms with Crippen molar-refractivity contribution in [1.29, 1.82) is 0 Å². The lowest BCUT2D eigenvalue weighted by Crippen LogP contribution is -2.28. The molecule has 2 aliphatic rings. The number of fused-ring (bicyclic) bond motifs is 1. The van der Waals surface area contributed by atoms with Crippen LogP contribution in [0.15, 0.2) is 58.0 Å². The third kappa shape index (κ3) is 2.02. The van der Waals surface area contributed by atoms with Crippen LogP contribution in [-0.4, -0.2) is 12.3 Å². The summed E-state index contributed by atoms with van der Waals surface area (Å²) in [5, 5.41) is 0. The van der Waals surface area contributed by atoms with E-state index in [1.165, 1.54) is 17.7 Å². The number of rotatable bonds is 1. The molecule has 1 aromatic carbocycles. The monoisotopic (exact) mass is 287 g/mol. The summed E-state index contributed by atoms with van der Waals surface area (Å²) in [6.45, 7) is 0.940. The Hall–Kier alpha value is -1.15. The minimum atomic E-state index is 0.451. The van der Waals surface area contributed by atoms with Gasteiger partial charge in [-0.25, -0.2) is 0 Å². The van der Waals surface area contributed by atoms with Crippen LogP contribution in [0.1, 0.15) is 12.0 Å². The van der Waals surface area contributed by atoms with Crippen molar-refractivity contribution < 1.29 is 0 Å². The average molecular weight is 288 g/mol. The van der Waals surface area contributed by atoms with Crippen LogP contribution in [0.25, 0.3) is 0 Å². The van der Waals surface area contributed by atoms with Gasteiger partial charge in [0, 0.05) is 22.5 Å². The summed E-state index contributed by atoms with van der Waals surface area (Å²) in [6, 6.07) is 8.36. The first-order chi connectivity index (χ1) is 8.36. The maximum Gasteiger partial charge on any atom is 0.0506 e. The molecular weight excluding hydrogens is 274 g/mol. The molecule has 0 aromatic heterocycles. The highest BCUT2D eigenvalue weighted by Gasteiger charge is 2.28. The van der Waals surface area contributed by atoms with E-state index in [4.69, 9.17) is 4.99 Å². The van der Waals surface area contributed by atoms with E-state index >= 15 is 0 Å². The van der Waals surface area contributed by atoms with E-state index in [9.17, 15) is 0 Å². The number of benzene rings is 1. The third-order valence-electron chi connectivity index (χ3n) is 3.46. The van der Waals surface area contributed by atoms with Crippen molar-refractivity contribution in [2.75, 3.05) is 6.54 Å². The molecule has 0 bridgehead atoms. The lowest BCUT2D eigenvalue weighted by molar-refractivity contribution is 0.513. The summed E-state index contributed by atoms with van der Waals surface area (Å²) in [7, 11) is 0. The summed E-state index contributed by atoms with van der Waals surface area (Å²) in [5.74, 6) is 1.08. The van der Waals surface area contributed by atoms with E-state index in [1.807, 2.05) is 6.07 Å². The number of halogens is 1. The van der Waals surface area contributed by atoms with Crippen LogP contribution in [0.2, 0.25) is 0 Å². The second-order valence-corrected chi connectivity index (χ2v) is 5.35. The van der Waals surface area contributed by atoms with Crippen molar-refractivity contribution in [1.82, 2.24) is 0 Å². The number of hydrogen-bond donors (Lipinski definition) is 0. The van der Waals surface area contributed by atoms with E-state index < -0.39 is 0 Å². The molecule has 1 nitrogen and oxygen atoms in total. The van der Waals surface area contributed by atoms with Crippen LogP contribution in [0.3, 0.4) is 0 Å². The predicted octanol–water partition coefficient (Wildman–Crippen LogP) is 4.00. The van der Waals surface area contributed by atoms with E-state index in [1.54, 1.807) is 0 Å². The smallest absolute Gasteiger partial charge is 0.0506 e. The highest BCUT2D eigenvalue weighted by atomic mass is 79.9. The molecule has 1 aliphatic heterocycles. The van der Waals surface area contributed by atoms with Gasteiger partial charge in [-0.1, -0.05) is 58.4 Å².